The van der Waals surface area contributed by atoms with Gasteiger partial charge in [-0.05, 0) is 73.2 Å². The van der Waals surface area contributed by atoms with Crippen LogP contribution in [0.25, 0.3) is 0 Å². The Hall–Kier alpha value is -4.13. The molecule has 7 nitrogen and oxygen atoms in total. The second-order valence-electron chi connectivity index (χ2n) is 10.1. The Morgan fingerprint density at radius 3 is 2.16 bits per heavy atom. The zero-order valence-electron chi connectivity index (χ0n) is 21.5. The van der Waals surface area contributed by atoms with E-state index in [1.165, 1.54) is 0 Å². The summed E-state index contributed by atoms with van der Waals surface area (Å²) in [6.45, 7) is 1.40. The Labute approximate surface area is 223 Å². The number of anilines is 3. The molecule has 3 aromatic rings. The summed E-state index contributed by atoms with van der Waals surface area (Å²) >= 11 is 0. The van der Waals surface area contributed by atoms with Crippen LogP contribution in [0.15, 0.2) is 78.9 Å². The topological polar surface area (TPSA) is 81.8 Å². The molecule has 0 aliphatic carbocycles. The molecule has 5 rings (SSSR count). The standard InChI is InChI=1S/C31H34N4O3/c36-22-32-25-14-10-23(11-15-25)20-34(27-6-2-1-3-7-27)21-24-12-16-26(17-13-24)33-31(38)29-19-18-28-8-4-5-9-30(37)35(28)29/h1-3,6-7,10-17,22,28-29H,4-5,8-9,18-21H2,(H,32,36)(H,33,38). The number of hydrogen-bond acceptors (Lipinski definition) is 4. The predicted molar refractivity (Wildman–Crippen MR) is 150 cm³/mol. The largest absolute Gasteiger partial charge is 0.363 e. The van der Waals surface area contributed by atoms with Gasteiger partial charge < -0.3 is 20.4 Å². The third kappa shape index (κ3) is 6.05. The van der Waals surface area contributed by atoms with Crippen LogP contribution in [0.3, 0.4) is 0 Å². The van der Waals surface area contributed by atoms with Crippen molar-refractivity contribution in [3.63, 3.8) is 0 Å². The fourth-order valence-electron chi connectivity index (χ4n) is 5.60. The maximum Gasteiger partial charge on any atom is 0.247 e. The molecule has 0 saturated carbocycles. The highest BCUT2D eigenvalue weighted by molar-refractivity contribution is 5.97. The maximum absolute atomic E-state index is 13.1. The third-order valence-electron chi connectivity index (χ3n) is 7.54. The van der Waals surface area contributed by atoms with Gasteiger partial charge in [0.05, 0.1) is 0 Å². The number of hydrogen-bond donors (Lipinski definition) is 2. The van der Waals surface area contributed by atoms with E-state index in [0.717, 1.165) is 60.3 Å². The van der Waals surface area contributed by atoms with E-state index in [0.29, 0.717) is 25.9 Å². The molecular formula is C31H34N4O3. The summed E-state index contributed by atoms with van der Waals surface area (Å²) in [5, 5.41) is 5.72. The van der Waals surface area contributed by atoms with Gasteiger partial charge in [-0.3, -0.25) is 14.4 Å². The van der Waals surface area contributed by atoms with Crippen molar-refractivity contribution in [1.82, 2.24) is 4.90 Å². The first kappa shape index (κ1) is 25.5. The number of carbonyl (C=O) groups is 3. The van der Waals surface area contributed by atoms with Crippen LogP contribution in [0.4, 0.5) is 17.1 Å². The Morgan fingerprint density at radius 1 is 0.842 bits per heavy atom. The van der Waals surface area contributed by atoms with Gasteiger partial charge in [0.15, 0.2) is 0 Å². The van der Waals surface area contributed by atoms with Gasteiger partial charge in [0, 0.05) is 42.6 Å². The second kappa shape index (κ2) is 11.9. The van der Waals surface area contributed by atoms with Crippen molar-refractivity contribution in [1.29, 1.82) is 0 Å². The Morgan fingerprint density at radius 2 is 1.50 bits per heavy atom. The van der Waals surface area contributed by atoms with Gasteiger partial charge in [-0.2, -0.15) is 0 Å². The highest BCUT2D eigenvalue weighted by Gasteiger charge is 2.41. The van der Waals surface area contributed by atoms with E-state index in [9.17, 15) is 14.4 Å². The summed E-state index contributed by atoms with van der Waals surface area (Å²) < 4.78 is 0. The Bertz CT molecular complexity index is 1240. The summed E-state index contributed by atoms with van der Waals surface area (Å²) in [4.78, 5) is 40.6. The van der Waals surface area contributed by atoms with Gasteiger partial charge >= 0.3 is 0 Å². The lowest BCUT2D eigenvalue weighted by Crippen LogP contribution is -2.46. The van der Waals surface area contributed by atoms with E-state index < -0.39 is 0 Å². The number of fused-ring (bicyclic) bond motifs is 1. The maximum atomic E-state index is 13.1. The fourth-order valence-corrected chi connectivity index (χ4v) is 5.60. The molecule has 3 aromatic carbocycles. The molecular weight excluding hydrogens is 476 g/mol. The average Bonchev–Trinajstić information content (AvgIpc) is 3.29. The number of amides is 3. The molecule has 2 N–H and O–H groups in total. The predicted octanol–water partition coefficient (Wildman–Crippen LogP) is 5.33. The molecule has 2 unspecified atom stereocenters. The number of rotatable bonds is 9. The Balaban J connectivity index is 1.25. The summed E-state index contributed by atoms with van der Waals surface area (Å²) in [6.07, 6.45) is 5.85. The van der Waals surface area contributed by atoms with Crippen molar-refractivity contribution in [3.05, 3.63) is 90.0 Å². The minimum absolute atomic E-state index is 0.0890. The van der Waals surface area contributed by atoms with Crippen molar-refractivity contribution in [3.8, 4) is 0 Å². The van der Waals surface area contributed by atoms with Gasteiger partial charge in [0.2, 0.25) is 18.2 Å². The lowest BCUT2D eigenvalue weighted by atomic mass is 10.1. The smallest absolute Gasteiger partial charge is 0.247 e. The van der Waals surface area contributed by atoms with Crippen LogP contribution < -0.4 is 15.5 Å². The molecule has 2 saturated heterocycles. The van der Waals surface area contributed by atoms with E-state index in [1.54, 1.807) is 0 Å². The molecule has 38 heavy (non-hydrogen) atoms. The van der Waals surface area contributed by atoms with Crippen LogP contribution in [0.2, 0.25) is 0 Å². The fraction of sp³-hybridized carbons (Fsp3) is 0.323. The first-order chi connectivity index (χ1) is 18.6. The summed E-state index contributed by atoms with van der Waals surface area (Å²) in [5.41, 5.74) is 4.87. The lowest BCUT2D eigenvalue weighted by Gasteiger charge is -2.28. The van der Waals surface area contributed by atoms with Crippen molar-refractivity contribution in [2.24, 2.45) is 0 Å². The zero-order chi connectivity index (χ0) is 26.3. The normalized spacial score (nSPS) is 18.8. The SMILES string of the molecule is O=CNc1ccc(CN(Cc2ccc(NC(=O)C3CCC4CCCCC(=O)N43)cc2)c2ccccc2)cc1. The molecule has 0 spiro atoms. The van der Waals surface area contributed by atoms with E-state index in [1.807, 2.05) is 71.6 Å². The van der Waals surface area contributed by atoms with E-state index >= 15 is 0 Å². The van der Waals surface area contributed by atoms with Gasteiger partial charge in [-0.25, -0.2) is 0 Å². The first-order valence-corrected chi connectivity index (χ1v) is 13.4. The summed E-state index contributed by atoms with van der Waals surface area (Å²) in [6, 6.07) is 25.9. The van der Waals surface area contributed by atoms with Crippen molar-refractivity contribution in [2.75, 3.05) is 15.5 Å². The summed E-state index contributed by atoms with van der Waals surface area (Å²) in [7, 11) is 0. The van der Waals surface area contributed by atoms with Crippen LogP contribution in [-0.2, 0) is 27.5 Å². The molecule has 2 fully saturated rings. The number of para-hydroxylation sites is 1. The molecule has 196 valence electrons. The van der Waals surface area contributed by atoms with E-state index in [-0.39, 0.29) is 23.9 Å². The van der Waals surface area contributed by atoms with Gasteiger partial charge in [-0.15, -0.1) is 0 Å². The number of carbonyl (C=O) groups excluding carboxylic acids is 3. The average molecular weight is 511 g/mol. The third-order valence-corrected chi connectivity index (χ3v) is 7.54. The lowest BCUT2D eigenvalue weighted by molar-refractivity contribution is -0.138. The molecule has 0 bridgehead atoms. The van der Waals surface area contributed by atoms with Crippen LogP contribution in [0.1, 0.15) is 49.7 Å². The van der Waals surface area contributed by atoms with E-state index in [2.05, 4.69) is 27.7 Å². The molecule has 2 aliphatic heterocycles. The van der Waals surface area contributed by atoms with Gasteiger partial charge in [-0.1, -0.05) is 48.9 Å². The molecule has 0 aromatic heterocycles. The van der Waals surface area contributed by atoms with E-state index in [4.69, 9.17) is 0 Å². The molecule has 0 radical (unpaired) electrons. The van der Waals surface area contributed by atoms with Crippen LogP contribution in [0.5, 0.6) is 0 Å². The zero-order valence-corrected chi connectivity index (χ0v) is 21.5. The van der Waals surface area contributed by atoms with Crippen LogP contribution >= 0.6 is 0 Å². The molecule has 2 atom stereocenters. The van der Waals surface area contributed by atoms with Crippen LogP contribution in [0, 0.1) is 0 Å². The minimum atomic E-state index is -0.369. The Kier molecular flexibility index (Phi) is 8.02. The quantitative estimate of drug-likeness (QED) is 0.381. The number of benzene rings is 3. The van der Waals surface area contributed by atoms with Gasteiger partial charge in [0.1, 0.15) is 6.04 Å². The molecule has 3 amide bonds. The summed E-state index contributed by atoms with van der Waals surface area (Å²) in [5.74, 6) is 0.0325. The monoisotopic (exact) mass is 510 g/mol. The van der Waals surface area contributed by atoms with Gasteiger partial charge in [0.25, 0.3) is 0 Å². The highest BCUT2D eigenvalue weighted by Crippen LogP contribution is 2.32. The number of nitrogens with one attached hydrogen (secondary N) is 2. The molecule has 7 heteroatoms. The minimum Gasteiger partial charge on any atom is -0.363 e. The molecule has 2 aliphatic rings. The number of nitrogens with zero attached hydrogens (tertiary/aromatic N) is 2. The highest BCUT2D eigenvalue weighted by atomic mass is 16.2. The molecule has 2 heterocycles. The van der Waals surface area contributed by atoms with Crippen molar-refractivity contribution >= 4 is 35.3 Å². The van der Waals surface area contributed by atoms with Crippen LogP contribution in [-0.4, -0.2) is 35.2 Å². The van der Waals surface area contributed by atoms with Crippen molar-refractivity contribution < 1.29 is 14.4 Å². The first-order valence-electron chi connectivity index (χ1n) is 13.4. The second-order valence-corrected chi connectivity index (χ2v) is 10.1. The van der Waals surface area contributed by atoms with Crippen molar-refractivity contribution in [2.45, 2.75) is 63.7 Å².